The third-order valence-electron chi connectivity index (χ3n) is 5.11. The van der Waals surface area contributed by atoms with Gasteiger partial charge in [-0.3, -0.25) is 14.9 Å². The Kier molecular flexibility index (Phi) is 6.75. The summed E-state index contributed by atoms with van der Waals surface area (Å²) in [5, 5.41) is 17.2. The molecule has 0 aromatic heterocycles. The Morgan fingerprint density at radius 3 is 2.52 bits per heavy atom. The van der Waals surface area contributed by atoms with Crippen LogP contribution < -0.4 is 20.3 Å². The highest BCUT2D eigenvalue weighted by Crippen LogP contribution is 2.37. The molecule has 1 atom stereocenters. The summed E-state index contributed by atoms with van der Waals surface area (Å²) in [6.45, 7) is 5.49. The van der Waals surface area contributed by atoms with Gasteiger partial charge in [-0.1, -0.05) is 18.2 Å². The number of nitro benzene ring substituents is 1. The van der Waals surface area contributed by atoms with Gasteiger partial charge in [-0.05, 0) is 44.9 Å². The summed E-state index contributed by atoms with van der Waals surface area (Å²) >= 11 is 0. The molecule has 3 rings (SSSR count). The van der Waals surface area contributed by atoms with Crippen LogP contribution in [0.3, 0.4) is 0 Å². The van der Waals surface area contributed by atoms with Gasteiger partial charge in [0.1, 0.15) is 11.4 Å². The lowest BCUT2D eigenvalue weighted by Crippen LogP contribution is -2.51. The van der Waals surface area contributed by atoms with E-state index in [1.54, 1.807) is 27.8 Å². The highest BCUT2D eigenvalue weighted by atomic mass is 16.6. The zero-order valence-corrected chi connectivity index (χ0v) is 19.3. The number of fused-ring (bicyclic) bond motifs is 1. The minimum atomic E-state index is -0.656. The van der Waals surface area contributed by atoms with E-state index in [-0.39, 0.29) is 29.2 Å². The van der Waals surface area contributed by atoms with Crippen LogP contribution in [0, 0.1) is 10.1 Å². The summed E-state index contributed by atoms with van der Waals surface area (Å²) in [5.74, 6) is -0.258. The molecule has 0 saturated heterocycles. The third-order valence-corrected chi connectivity index (χ3v) is 5.11. The van der Waals surface area contributed by atoms with Gasteiger partial charge < -0.3 is 25.0 Å². The lowest BCUT2D eigenvalue weighted by Gasteiger charge is -2.35. The number of anilines is 2. The van der Waals surface area contributed by atoms with E-state index in [9.17, 15) is 19.7 Å². The first-order valence-corrected chi connectivity index (χ1v) is 10.5. The van der Waals surface area contributed by atoms with E-state index in [2.05, 4.69) is 10.6 Å². The molecule has 2 amide bonds. The molecule has 10 heteroatoms. The molecule has 10 nitrogen and oxygen atoms in total. The lowest BCUT2D eigenvalue weighted by atomic mass is 9.97. The number of amides is 2. The van der Waals surface area contributed by atoms with Gasteiger partial charge in [0.15, 0.2) is 5.69 Å². The van der Waals surface area contributed by atoms with Crippen molar-refractivity contribution in [2.75, 3.05) is 30.9 Å². The van der Waals surface area contributed by atoms with Crippen LogP contribution in [-0.2, 0) is 11.2 Å². The molecule has 1 aliphatic rings. The molecule has 2 aromatic carbocycles. The zero-order chi connectivity index (χ0) is 24.3. The number of carbonyl (C=O) groups is 2. The average Bonchev–Trinajstić information content (AvgIpc) is 2.75. The largest absolute Gasteiger partial charge is 0.494 e. The van der Waals surface area contributed by atoms with Crippen LogP contribution >= 0.6 is 0 Å². The normalized spacial score (nSPS) is 15.3. The number of nitrogens with zero attached hydrogens (tertiary/aromatic N) is 2. The van der Waals surface area contributed by atoms with Gasteiger partial charge in [0, 0.05) is 25.3 Å². The fraction of sp³-hybridized carbons (Fsp3) is 0.391. The predicted molar refractivity (Wildman–Crippen MR) is 124 cm³/mol. The number of hydrogen-bond donors (Lipinski definition) is 2. The van der Waals surface area contributed by atoms with Crippen molar-refractivity contribution in [2.45, 2.75) is 38.8 Å². The molecule has 0 saturated carbocycles. The summed E-state index contributed by atoms with van der Waals surface area (Å²) in [4.78, 5) is 38.4. The number of ether oxygens (including phenoxy) is 2. The molecule has 0 bridgehead atoms. The maximum absolute atomic E-state index is 13.5. The molecule has 2 N–H and O–H groups in total. The molecule has 2 aromatic rings. The van der Waals surface area contributed by atoms with Crippen molar-refractivity contribution in [1.82, 2.24) is 5.32 Å². The SMILES string of the molecule is CNc1c(OC)cc(C(=O)N2CC(NC(=O)OC(C)(C)C)Cc3ccccc32)cc1[N+](=O)[O-]. The first kappa shape index (κ1) is 23.8. The second-order valence-corrected chi connectivity index (χ2v) is 8.67. The average molecular weight is 456 g/mol. The second-order valence-electron chi connectivity index (χ2n) is 8.67. The quantitative estimate of drug-likeness (QED) is 0.519. The first-order valence-electron chi connectivity index (χ1n) is 10.5. The van der Waals surface area contributed by atoms with Crippen LogP contribution in [0.4, 0.5) is 21.9 Å². The number of para-hydroxylation sites is 1. The number of nitro groups is 1. The van der Waals surface area contributed by atoms with E-state index >= 15 is 0 Å². The molecule has 0 radical (unpaired) electrons. The van der Waals surface area contributed by atoms with Crippen molar-refractivity contribution >= 4 is 29.1 Å². The second kappa shape index (κ2) is 9.35. The van der Waals surface area contributed by atoms with Crippen LogP contribution in [0.2, 0.25) is 0 Å². The number of carbonyl (C=O) groups excluding carboxylic acids is 2. The summed E-state index contributed by atoms with van der Waals surface area (Å²) < 4.78 is 10.6. The van der Waals surface area contributed by atoms with Gasteiger partial charge >= 0.3 is 6.09 Å². The first-order chi connectivity index (χ1) is 15.5. The summed E-state index contributed by atoms with van der Waals surface area (Å²) in [7, 11) is 2.92. The van der Waals surface area contributed by atoms with E-state index in [1.165, 1.54) is 24.1 Å². The van der Waals surface area contributed by atoms with Crippen LogP contribution in [0.25, 0.3) is 0 Å². The molecule has 1 unspecified atom stereocenters. The van der Waals surface area contributed by atoms with E-state index in [1.807, 2.05) is 24.3 Å². The van der Waals surface area contributed by atoms with Gasteiger partial charge in [0.2, 0.25) is 0 Å². The van der Waals surface area contributed by atoms with Crippen molar-refractivity contribution in [1.29, 1.82) is 0 Å². The molecule has 176 valence electrons. The van der Waals surface area contributed by atoms with Crippen molar-refractivity contribution in [3.05, 3.63) is 57.6 Å². The standard InChI is InChI=1S/C23H28N4O6/c1-23(2,3)33-22(29)25-16-10-14-8-6-7-9-17(14)26(13-16)21(28)15-11-18(27(30)31)20(24-4)19(12-15)32-5/h6-9,11-12,16,24H,10,13H2,1-5H3,(H,25,29). The van der Waals surface area contributed by atoms with E-state index < -0.39 is 28.6 Å². The molecule has 0 fully saturated rings. The Bertz CT molecular complexity index is 1080. The molecular formula is C23H28N4O6. The van der Waals surface area contributed by atoms with Crippen LogP contribution in [0.15, 0.2) is 36.4 Å². The van der Waals surface area contributed by atoms with Gasteiger partial charge in [-0.25, -0.2) is 4.79 Å². The molecule has 1 heterocycles. The molecule has 0 aliphatic carbocycles. The van der Waals surface area contributed by atoms with E-state index in [0.29, 0.717) is 12.1 Å². The van der Waals surface area contributed by atoms with Gasteiger partial charge in [-0.15, -0.1) is 0 Å². The summed E-state index contributed by atoms with van der Waals surface area (Å²) in [5.41, 5.74) is 0.911. The fourth-order valence-electron chi connectivity index (χ4n) is 3.80. The van der Waals surface area contributed by atoms with E-state index in [0.717, 1.165) is 5.56 Å². The van der Waals surface area contributed by atoms with Crippen molar-refractivity contribution in [2.24, 2.45) is 0 Å². The Morgan fingerprint density at radius 1 is 1.21 bits per heavy atom. The maximum atomic E-state index is 13.5. The minimum absolute atomic E-state index is 0.102. The van der Waals surface area contributed by atoms with Gasteiger partial charge in [0.05, 0.1) is 23.6 Å². The molecule has 33 heavy (non-hydrogen) atoms. The minimum Gasteiger partial charge on any atom is -0.494 e. The Hall–Kier alpha value is -3.82. The van der Waals surface area contributed by atoms with Gasteiger partial charge in [0.25, 0.3) is 11.6 Å². The lowest BCUT2D eigenvalue weighted by molar-refractivity contribution is -0.384. The van der Waals surface area contributed by atoms with Crippen molar-refractivity contribution in [3.63, 3.8) is 0 Å². The monoisotopic (exact) mass is 456 g/mol. The van der Waals surface area contributed by atoms with Crippen molar-refractivity contribution in [3.8, 4) is 5.75 Å². The summed E-state index contributed by atoms with van der Waals surface area (Å²) in [6, 6.07) is 9.66. The highest BCUT2D eigenvalue weighted by molar-refractivity contribution is 6.08. The maximum Gasteiger partial charge on any atom is 0.407 e. The molecule has 0 spiro atoms. The number of hydrogen-bond acceptors (Lipinski definition) is 7. The number of rotatable bonds is 5. The highest BCUT2D eigenvalue weighted by Gasteiger charge is 2.32. The van der Waals surface area contributed by atoms with Crippen LogP contribution in [0.5, 0.6) is 5.75 Å². The van der Waals surface area contributed by atoms with Crippen LogP contribution in [-0.4, -0.2) is 49.3 Å². The molecule has 1 aliphatic heterocycles. The Balaban J connectivity index is 1.97. The third kappa shape index (κ3) is 5.33. The smallest absolute Gasteiger partial charge is 0.407 e. The predicted octanol–water partition coefficient (Wildman–Crippen LogP) is 3.74. The Morgan fingerprint density at radius 2 is 1.91 bits per heavy atom. The number of nitrogens with one attached hydrogen (secondary N) is 2. The topological polar surface area (TPSA) is 123 Å². The van der Waals surface area contributed by atoms with Crippen molar-refractivity contribution < 1.29 is 24.0 Å². The zero-order valence-electron chi connectivity index (χ0n) is 19.3. The number of benzene rings is 2. The number of methoxy groups -OCH3 is 1. The van der Waals surface area contributed by atoms with Gasteiger partial charge in [-0.2, -0.15) is 0 Å². The summed E-state index contributed by atoms with van der Waals surface area (Å²) in [6.07, 6.45) is -0.0589. The number of alkyl carbamates (subject to hydrolysis) is 1. The van der Waals surface area contributed by atoms with E-state index in [4.69, 9.17) is 9.47 Å². The Labute approximate surface area is 192 Å². The van der Waals surface area contributed by atoms with Crippen LogP contribution in [0.1, 0.15) is 36.7 Å². The molecular weight excluding hydrogens is 428 g/mol. The fourth-order valence-corrected chi connectivity index (χ4v) is 3.80.